The molecule has 0 aliphatic carbocycles. The third-order valence-corrected chi connectivity index (χ3v) is 4.78. The van der Waals surface area contributed by atoms with E-state index in [1.54, 1.807) is 13.3 Å². The van der Waals surface area contributed by atoms with Gasteiger partial charge in [0, 0.05) is 45.7 Å². The minimum atomic E-state index is -0.241. The van der Waals surface area contributed by atoms with Crippen LogP contribution in [0.1, 0.15) is 31.7 Å². The molecule has 0 aromatic carbocycles. The molecule has 0 radical (unpaired) electrons. The van der Waals surface area contributed by atoms with Crippen molar-refractivity contribution in [2.45, 2.75) is 38.5 Å². The Balaban J connectivity index is 1.59. The maximum atomic E-state index is 12.9. The van der Waals surface area contributed by atoms with Crippen LogP contribution in [-0.4, -0.2) is 66.5 Å². The first-order valence-electron chi connectivity index (χ1n) is 8.76. The molecule has 0 saturated carbocycles. The number of carbonyl (C=O) groups excluding carboxylic acids is 1. The molecule has 0 bridgehead atoms. The van der Waals surface area contributed by atoms with Gasteiger partial charge >= 0.3 is 0 Å². The van der Waals surface area contributed by atoms with Crippen molar-refractivity contribution in [2.75, 3.05) is 40.0 Å². The summed E-state index contributed by atoms with van der Waals surface area (Å²) in [6.45, 7) is 6.07. The lowest BCUT2D eigenvalue weighted by Crippen LogP contribution is -2.57. The molecular formula is C17H27N3O4. The monoisotopic (exact) mass is 337 g/mol. The Labute approximate surface area is 142 Å². The van der Waals surface area contributed by atoms with Crippen molar-refractivity contribution in [3.05, 3.63) is 18.2 Å². The zero-order valence-corrected chi connectivity index (χ0v) is 14.5. The van der Waals surface area contributed by atoms with Gasteiger partial charge in [0.25, 0.3) is 0 Å². The molecular weight excluding hydrogens is 310 g/mol. The SMILES string of the molecule is CCn1ccnc1[C@@H]1OCCC[C@H]1C(=O)N1CC(OCCOC)C1. The molecule has 2 saturated heterocycles. The Hall–Kier alpha value is -1.44. The van der Waals surface area contributed by atoms with E-state index >= 15 is 0 Å². The third-order valence-electron chi connectivity index (χ3n) is 4.78. The fraction of sp³-hybridized carbons (Fsp3) is 0.765. The van der Waals surface area contributed by atoms with Crippen molar-refractivity contribution < 1.29 is 19.0 Å². The standard InChI is InChI=1S/C17H27N3O4/c1-3-19-7-6-18-16(19)15-14(5-4-8-24-15)17(21)20-11-13(12-20)23-10-9-22-2/h6-7,13-15H,3-5,8-12H2,1-2H3/t14-,15-/m1/s1. The van der Waals surface area contributed by atoms with Crippen LogP contribution in [0.25, 0.3) is 0 Å². The van der Waals surface area contributed by atoms with Crippen LogP contribution >= 0.6 is 0 Å². The number of nitrogens with zero attached hydrogens (tertiary/aromatic N) is 3. The molecule has 0 unspecified atom stereocenters. The normalized spacial score (nSPS) is 24.8. The molecule has 2 aliphatic heterocycles. The predicted molar refractivity (Wildman–Crippen MR) is 87.5 cm³/mol. The van der Waals surface area contributed by atoms with Crippen LogP contribution in [-0.2, 0) is 25.5 Å². The highest BCUT2D eigenvalue weighted by Gasteiger charge is 2.41. The summed E-state index contributed by atoms with van der Waals surface area (Å²) in [6, 6.07) is 0. The summed E-state index contributed by atoms with van der Waals surface area (Å²) in [4.78, 5) is 19.2. The van der Waals surface area contributed by atoms with Gasteiger partial charge in [0.15, 0.2) is 0 Å². The molecule has 2 atom stereocenters. The van der Waals surface area contributed by atoms with E-state index in [0.29, 0.717) is 32.9 Å². The average molecular weight is 337 g/mol. The van der Waals surface area contributed by atoms with Crippen molar-refractivity contribution in [2.24, 2.45) is 5.92 Å². The number of imidazole rings is 1. The minimum absolute atomic E-state index is 0.129. The van der Waals surface area contributed by atoms with Crippen molar-refractivity contribution in [3.63, 3.8) is 0 Å². The molecule has 7 heteroatoms. The lowest BCUT2D eigenvalue weighted by Gasteiger charge is -2.42. The fourth-order valence-electron chi connectivity index (χ4n) is 3.39. The van der Waals surface area contributed by atoms with E-state index in [2.05, 4.69) is 16.5 Å². The first kappa shape index (κ1) is 17.4. The van der Waals surface area contributed by atoms with Gasteiger partial charge in [-0.3, -0.25) is 4.79 Å². The predicted octanol–water partition coefficient (Wildman–Crippen LogP) is 1.24. The number of ether oxygens (including phenoxy) is 3. The second-order valence-corrected chi connectivity index (χ2v) is 6.34. The molecule has 1 aromatic rings. The Morgan fingerprint density at radius 1 is 1.42 bits per heavy atom. The summed E-state index contributed by atoms with van der Waals surface area (Å²) >= 11 is 0. The lowest BCUT2D eigenvalue weighted by atomic mass is 9.90. The van der Waals surface area contributed by atoms with E-state index in [4.69, 9.17) is 14.2 Å². The van der Waals surface area contributed by atoms with Crippen LogP contribution in [0.3, 0.4) is 0 Å². The summed E-state index contributed by atoms with van der Waals surface area (Å²) < 4.78 is 18.6. The number of rotatable bonds is 7. The van der Waals surface area contributed by atoms with Crippen molar-refractivity contribution in [3.8, 4) is 0 Å². The average Bonchev–Trinajstić information content (AvgIpc) is 3.05. The van der Waals surface area contributed by atoms with Gasteiger partial charge in [-0.05, 0) is 19.8 Å². The zero-order valence-electron chi connectivity index (χ0n) is 14.5. The van der Waals surface area contributed by atoms with E-state index in [9.17, 15) is 4.79 Å². The molecule has 0 spiro atoms. The Morgan fingerprint density at radius 2 is 2.25 bits per heavy atom. The molecule has 2 aliphatic rings. The van der Waals surface area contributed by atoms with Crippen LogP contribution in [0.15, 0.2) is 12.4 Å². The second-order valence-electron chi connectivity index (χ2n) is 6.34. The highest BCUT2D eigenvalue weighted by atomic mass is 16.5. The van der Waals surface area contributed by atoms with Gasteiger partial charge < -0.3 is 23.7 Å². The smallest absolute Gasteiger partial charge is 0.228 e. The molecule has 1 aromatic heterocycles. The van der Waals surface area contributed by atoms with E-state index in [1.807, 2.05) is 11.1 Å². The Kier molecular flexibility index (Phi) is 5.86. The van der Waals surface area contributed by atoms with Gasteiger partial charge in [-0.2, -0.15) is 0 Å². The van der Waals surface area contributed by atoms with Crippen LogP contribution in [0, 0.1) is 5.92 Å². The molecule has 1 amide bonds. The molecule has 2 fully saturated rings. The molecule has 24 heavy (non-hydrogen) atoms. The quantitative estimate of drug-likeness (QED) is 0.701. The number of hydrogen-bond acceptors (Lipinski definition) is 5. The lowest BCUT2D eigenvalue weighted by molar-refractivity contribution is -0.159. The first-order valence-corrected chi connectivity index (χ1v) is 8.76. The Morgan fingerprint density at radius 3 is 3.00 bits per heavy atom. The number of methoxy groups -OCH3 is 1. The minimum Gasteiger partial charge on any atom is -0.382 e. The molecule has 134 valence electrons. The van der Waals surface area contributed by atoms with Crippen molar-refractivity contribution in [1.82, 2.24) is 14.5 Å². The van der Waals surface area contributed by atoms with E-state index in [0.717, 1.165) is 25.2 Å². The number of aryl methyl sites for hydroxylation is 1. The first-order chi connectivity index (χ1) is 11.7. The van der Waals surface area contributed by atoms with E-state index < -0.39 is 0 Å². The van der Waals surface area contributed by atoms with Gasteiger partial charge in [0.05, 0.1) is 25.2 Å². The summed E-state index contributed by atoms with van der Waals surface area (Å²) in [5.41, 5.74) is 0. The van der Waals surface area contributed by atoms with Gasteiger partial charge in [0.2, 0.25) is 5.91 Å². The number of aromatic nitrogens is 2. The zero-order chi connectivity index (χ0) is 16.9. The van der Waals surface area contributed by atoms with Gasteiger partial charge in [-0.15, -0.1) is 0 Å². The number of likely N-dealkylation sites (tertiary alicyclic amines) is 1. The topological polar surface area (TPSA) is 65.8 Å². The molecule has 0 N–H and O–H groups in total. The van der Waals surface area contributed by atoms with Crippen molar-refractivity contribution >= 4 is 5.91 Å². The van der Waals surface area contributed by atoms with Crippen LogP contribution in [0.4, 0.5) is 0 Å². The second kappa shape index (κ2) is 8.09. The maximum Gasteiger partial charge on any atom is 0.228 e. The largest absolute Gasteiger partial charge is 0.382 e. The summed E-state index contributed by atoms with van der Waals surface area (Å²) in [7, 11) is 1.66. The van der Waals surface area contributed by atoms with Gasteiger partial charge in [-0.1, -0.05) is 0 Å². The summed E-state index contributed by atoms with van der Waals surface area (Å²) in [6.07, 6.45) is 5.38. The molecule has 3 heterocycles. The van der Waals surface area contributed by atoms with Gasteiger partial charge in [0.1, 0.15) is 11.9 Å². The van der Waals surface area contributed by atoms with Crippen LogP contribution in [0.2, 0.25) is 0 Å². The van der Waals surface area contributed by atoms with E-state index in [1.165, 1.54) is 0 Å². The van der Waals surface area contributed by atoms with Crippen molar-refractivity contribution in [1.29, 1.82) is 0 Å². The molecule has 3 rings (SSSR count). The molecule has 7 nitrogen and oxygen atoms in total. The van der Waals surface area contributed by atoms with E-state index in [-0.39, 0.29) is 24.0 Å². The third kappa shape index (κ3) is 3.63. The maximum absolute atomic E-state index is 12.9. The van der Waals surface area contributed by atoms with Crippen LogP contribution < -0.4 is 0 Å². The summed E-state index contributed by atoms with van der Waals surface area (Å²) in [5, 5.41) is 0. The number of amides is 1. The number of hydrogen-bond donors (Lipinski definition) is 0. The highest BCUT2D eigenvalue weighted by Crippen LogP contribution is 2.35. The van der Waals surface area contributed by atoms with Gasteiger partial charge in [-0.25, -0.2) is 4.98 Å². The summed E-state index contributed by atoms with van der Waals surface area (Å²) in [5.74, 6) is 0.882. The van der Waals surface area contributed by atoms with Crippen LogP contribution in [0.5, 0.6) is 0 Å². The fourth-order valence-corrected chi connectivity index (χ4v) is 3.39. The highest BCUT2D eigenvalue weighted by molar-refractivity contribution is 5.80. The Bertz CT molecular complexity index is 542. The number of carbonyl (C=O) groups is 1.